The van der Waals surface area contributed by atoms with E-state index in [1.54, 1.807) is 0 Å². The Hall–Kier alpha value is -2.57. The van der Waals surface area contributed by atoms with Gasteiger partial charge in [-0.1, -0.05) is 17.7 Å². The van der Waals surface area contributed by atoms with Crippen LogP contribution < -0.4 is 15.5 Å². The van der Waals surface area contributed by atoms with E-state index in [4.69, 9.17) is 4.99 Å². The van der Waals surface area contributed by atoms with Crippen LogP contribution in [0.3, 0.4) is 0 Å². The Kier molecular flexibility index (Phi) is 5.27. The van der Waals surface area contributed by atoms with E-state index < -0.39 is 0 Å². The summed E-state index contributed by atoms with van der Waals surface area (Å²) in [6.45, 7) is 8.72. The number of rotatable bonds is 5. The highest BCUT2D eigenvalue weighted by atomic mass is 15.3. The van der Waals surface area contributed by atoms with Crippen LogP contribution >= 0.6 is 0 Å². The molecule has 0 bridgehead atoms. The number of aliphatic imine (C=N–C) groups is 1. The maximum absolute atomic E-state index is 4.76. The van der Waals surface area contributed by atoms with E-state index >= 15 is 0 Å². The Labute approximate surface area is 160 Å². The minimum atomic E-state index is 0.396. The Morgan fingerprint density at radius 1 is 1.22 bits per heavy atom. The highest BCUT2D eigenvalue weighted by molar-refractivity contribution is 5.80. The third-order valence-electron chi connectivity index (χ3n) is 5.34. The Morgan fingerprint density at radius 3 is 2.89 bits per heavy atom. The monoisotopic (exact) mass is 367 g/mol. The van der Waals surface area contributed by atoms with E-state index in [1.165, 1.54) is 11.3 Å². The van der Waals surface area contributed by atoms with Crippen molar-refractivity contribution in [1.29, 1.82) is 0 Å². The lowest BCUT2D eigenvalue weighted by atomic mass is 10.2. The minimum absolute atomic E-state index is 0.396. The molecule has 4 rings (SSSR count). The van der Waals surface area contributed by atoms with Gasteiger partial charge in [0.2, 0.25) is 0 Å². The maximum Gasteiger partial charge on any atom is 0.191 e. The molecular formula is C20H29N7. The van der Waals surface area contributed by atoms with E-state index in [1.807, 2.05) is 0 Å². The standard InChI is InChI=1S/C20H29N7/c1-3-21-20(22-13-19-25-24-18-5-4-11-27(18)19)23-16-10-12-26(14-16)17-8-6-15(2)7-9-17/h6-9,16H,3-5,10-14H2,1-2H3,(H2,21,22,23). The van der Waals surface area contributed by atoms with Crippen LogP contribution in [-0.4, -0.2) is 46.4 Å². The van der Waals surface area contributed by atoms with Crippen LogP contribution in [0.2, 0.25) is 0 Å². The van der Waals surface area contributed by atoms with Crippen molar-refractivity contribution in [3.63, 3.8) is 0 Å². The first-order chi connectivity index (χ1) is 13.2. The van der Waals surface area contributed by atoms with Gasteiger partial charge in [-0.2, -0.15) is 0 Å². The van der Waals surface area contributed by atoms with Crippen LogP contribution in [0.1, 0.15) is 37.0 Å². The fraction of sp³-hybridized carbons (Fsp3) is 0.550. The molecule has 0 saturated carbocycles. The van der Waals surface area contributed by atoms with E-state index in [9.17, 15) is 0 Å². The lowest BCUT2D eigenvalue weighted by molar-refractivity contribution is 0.643. The number of hydrogen-bond donors (Lipinski definition) is 2. The van der Waals surface area contributed by atoms with Crippen LogP contribution in [0, 0.1) is 6.92 Å². The molecule has 2 N–H and O–H groups in total. The molecule has 2 aliphatic heterocycles. The second kappa shape index (κ2) is 7.98. The molecule has 27 heavy (non-hydrogen) atoms. The van der Waals surface area contributed by atoms with Gasteiger partial charge in [0, 0.05) is 44.3 Å². The van der Waals surface area contributed by atoms with Gasteiger partial charge in [0.15, 0.2) is 11.8 Å². The zero-order valence-corrected chi connectivity index (χ0v) is 16.3. The first-order valence-electron chi connectivity index (χ1n) is 10.0. The molecule has 7 heteroatoms. The van der Waals surface area contributed by atoms with Gasteiger partial charge in [0.1, 0.15) is 12.4 Å². The van der Waals surface area contributed by atoms with Crippen molar-refractivity contribution in [2.45, 2.75) is 52.2 Å². The van der Waals surface area contributed by atoms with Crippen LogP contribution in [-0.2, 0) is 19.5 Å². The molecule has 0 spiro atoms. The topological polar surface area (TPSA) is 70.4 Å². The molecule has 0 aliphatic carbocycles. The predicted molar refractivity (Wildman–Crippen MR) is 108 cm³/mol. The van der Waals surface area contributed by atoms with Crippen molar-refractivity contribution < 1.29 is 0 Å². The van der Waals surface area contributed by atoms with Gasteiger partial charge in [-0.3, -0.25) is 0 Å². The second-order valence-corrected chi connectivity index (χ2v) is 7.39. The van der Waals surface area contributed by atoms with Gasteiger partial charge in [-0.05, 0) is 38.8 Å². The molecule has 1 fully saturated rings. The van der Waals surface area contributed by atoms with Crippen molar-refractivity contribution in [3.05, 3.63) is 41.5 Å². The summed E-state index contributed by atoms with van der Waals surface area (Å²) in [6.07, 6.45) is 3.31. The van der Waals surface area contributed by atoms with Gasteiger partial charge in [-0.15, -0.1) is 10.2 Å². The summed E-state index contributed by atoms with van der Waals surface area (Å²) in [7, 11) is 0. The van der Waals surface area contributed by atoms with Crippen LogP contribution in [0.5, 0.6) is 0 Å². The summed E-state index contributed by atoms with van der Waals surface area (Å²) in [5, 5.41) is 15.5. The number of nitrogens with one attached hydrogen (secondary N) is 2. The highest BCUT2D eigenvalue weighted by Crippen LogP contribution is 2.20. The Balaban J connectivity index is 1.37. The van der Waals surface area contributed by atoms with Crippen LogP contribution in [0.15, 0.2) is 29.3 Å². The van der Waals surface area contributed by atoms with Crippen LogP contribution in [0.4, 0.5) is 5.69 Å². The Bertz CT molecular complexity index is 793. The molecule has 2 aliphatic rings. The number of nitrogens with zero attached hydrogens (tertiary/aromatic N) is 5. The predicted octanol–water partition coefficient (Wildman–Crippen LogP) is 1.87. The number of guanidine groups is 1. The molecule has 0 amide bonds. The zero-order valence-electron chi connectivity index (χ0n) is 16.3. The first-order valence-corrected chi connectivity index (χ1v) is 10.0. The molecular weight excluding hydrogens is 338 g/mol. The fourth-order valence-electron chi connectivity index (χ4n) is 3.86. The molecule has 1 unspecified atom stereocenters. The lowest BCUT2D eigenvalue weighted by Gasteiger charge is -2.20. The maximum atomic E-state index is 4.76. The summed E-state index contributed by atoms with van der Waals surface area (Å²) in [6, 6.07) is 9.18. The van der Waals surface area contributed by atoms with Gasteiger partial charge in [0.25, 0.3) is 0 Å². The molecule has 0 radical (unpaired) electrons. The molecule has 1 saturated heterocycles. The van der Waals surface area contributed by atoms with E-state index in [0.717, 1.165) is 63.0 Å². The van der Waals surface area contributed by atoms with Gasteiger partial charge < -0.3 is 20.1 Å². The SMILES string of the molecule is CCNC(=NCc1nnc2n1CCC2)NC1CCN(c2ccc(C)cc2)C1. The van der Waals surface area contributed by atoms with Crippen molar-refractivity contribution in [3.8, 4) is 0 Å². The van der Waals surface area contributed by atoms with Gasteiger partial charge >= 0.3 is 0 Å². The largest absolute Gasteiger partial charge is 0.369 e. The molecule has 2 aromatic rings. The minimum Gasteiger partial charge on any atom is -0.369 e. The highest BCUT2D eigenvalue weighted by Gasteiger charge is 2.23. The number of hydrogen-bond acceptors (Lipinski definition) is 4. The zero-order chi connectivity index (χ0) is 18.6. The van der Waals surface area contributed by atoms with Gasteiger partial charge in [-0.25, -0.2) is 4.99 Å². The number of anilines is 1. The quantitative estimate of drug-likeness (QED) is 0.624. The van der Waals surface area contributed by atoms with E-state index in [-0.39, 0.29) is 0 Å². The average molecular weight is 368 g/mol. The number of benzene rings is 1. The summed E-state index contributed by atoms with van der Waals surface area (Å²) < 4.78 is 2.21. The van der Waals surface area contributed by atoms with E-state index in [0.29, 0.717) is 12.6 Å². The van der Waals surface area contributed by atoms with E-state index in [2.05, 4.69) is 68.4 Å². The van der Waals surface area contributed by atoms with Crippen molar-refractivity contribution in [2.24, 2.45) is 4.99 Å². The third kappa shape index (κ3) is 4.07. The van der Waals surface area contributed by atoms with Crippen molar-refractivity contribution >= 4 is 11.6 Å². The fourth-order valence-corrected chi connectivity index (χ4v) is 3.86. The Morgan fingerprint density at radius 2 is 2.07 bits per heavy atom. The summed E-state index contributed by atoms with van der Waals surface area (Å²) in [5.41, 5.74) is 2.60. The summed E-state index contributed by atoms with van der Waals surface area (Å²) in [4.78, 5) is 7.20. The lowest BCUT2D eigenvalue weighted by Crippen LogP contribution is -2.44. The normalized spacial score (nSPS) is 19.4. The molecule has 3 heterocycles. The van der Waals surface area contributed by atoms with Crippen LogP contribution in [0.25, 0.3) is 0 Å². The summed E-state index contributed by atoms with van der Waals surface area (Å²) >= 11 is 0. The van der Waals surface area contributed by atoms with Crippen molar-refractivity contribution in [1.82, 2.24) is 25.4 Å². The average Bonchev–Trinajstić information content (AvgIpc) is 3.38. The summed E-state index contributed by atoms with van der Waals surface area (Å²) in [5.74, 6) is 2.93. The molecule has 1 atom stereocenters. The molecule has 1 aromatic heterocycles. The number of aryl methyl sites for hydroxylation is 2. The smallest absolute Gasteiger partial charge is 0.191 e. The second-order valence-electron chi connectivity index (χ2n) is 7.39. The number of aromatic nitrogens is 3. The van der Waals surface area contributed by atoms with Gasteiger partial charge in [0.05, 0.1) is 0 Å². The molecule has 1 aromatic carbocycles. The number of fused-ring (bicyclic) bond motifs is 1. The molecule has 7 nitrogen and oxygen atoms in total. The first kappa shape index (κ1) is 17.8. The third-order valence-corrected chi connectivity index (χ3v) is 5.34. The molecule has 144 valence electrons. The van der Waals surface area contributed by atoms with Crippen molar-refractivity contribution in [2.75, 3.05) is 24.5 Å².